The van der Waals surface area contributed by atoms with Crippen LogP contribution in [0, 0.1) is 11.8 Å². The van der Waals surface area contributed by atoms with E-state index in [0.717, 1.165) is 21.9 Å². The molecule has 0 spiro atoms. The van der Waals surface area contributed by atoms with Gasteiger partial charge in [0.2, 0.25) is 0 Å². The van der Waals surface area contributed by atoms with Crippen molar-refractivity contribution in [1.82, 2.24) is 9.55 Å². The van der Waals surface area contributed by atoms with Crippen LogP contribution in [0.25, 0.3) is 10.8 Å². The Balaban J connectivity index is 1.64. The molecule has 0 bridgehead atoms. The molecule has 3 nitrogen and oxygen atoms in total. The second-order valence-electron chi connectivity index (χ2n) is 6.21. The van der Waals surface area contributed by atoms with Gasteiger partial charge >= 0.3 is 0 Å². The number of benzene rings is 3. The Morgan fingerprint density at radius 2 is 1.85 bits per heavy atom. The minimum absolute atomic E-state index is 0.338. The van der Waals surface area contributed by atoms with Crippen molar-refractivity contribution in [2.75, 3.05) is 0 Å². The molecule has 3 heteroatoms. The van der Waals surface area contributed by atoms with Crippen LogP contribution in [-0.2, 0) is 13.0 Å². The first-order chi connectivity index (χ1) is 12.8. The average Bonchev–Trinajstić information content (AvgIpc) is 3.19. The Kier molecular flexibility index (Phi) is 4.40. The molecule has 0 aliphatic heterocycles. The lowest BCUT2D eigenvalue weighted by Gasteiger charge is -2.09. The molecule has 1 N–H and O–H groups in total. The van der Waals surface area contributed by atoms with Crippen LogP contribution in [-0.4, -0.2) is 14.7 Å². The Bertz CT molecular complexity index is 1090. The van der Waals surface area contributed by atoms with Crippen LogP contribution < -0.4 is 0 Å². The summed E-state index contributed by atoms with van der Waals surface area (Å²) in [6.07, 6.45) is 6.08. The molecule has 0 unspecified atom stereocenters. The number of phenols is 1. The summed E-state index contributed by atoms with van der Waals surface area (Å²) in [5.74, 6) is 6.63. The van der Waals surface area contributed by atoms with Gasteiger partial charge in [0, 0.05) is 29.8 Å². The van der Waals surface area contributed by atoms with E-state index in [2.05, 4.69) is 35.0 Å². The fourth-order valence-corrected chi connectivity index (χ4v) is 3.00. The molecule has 1 aromatic heterocycles. The van der Waals surface area contributed by atoms with Gasteiger partial charge in [-0.25, -0.2) is 4.98 Å². The first-order valence-corrected chi connectivity index (χ1v) is 8.53. The second kappa shape index (κ2) is 7.16. The van der Waals surface area contributed by atoms with E-state index in [0.29, 0.717) is 18.7 Å². The number of aromatic hydroxyl groups is 1. The van der Waals surface area contributed by atoms with Gasteiger partial charge in [0.25, 0.3) is 0 Å². The standard InChI is InChI=1S/C23H18N2O/c26-23-21(15-18-5-2-1-3-6-18)11-10-20-9-8-19(16-22(20)23)7-4-13-25-14-12-24-17-25/h1-3,5-6,8-12,14,16-17,26H,13,15H2. The Morgan fingerprint density at radius 1 is 1.00 bits per heavy atom. The van der Waals surface area contributed by atoms with Gasteiger partial charge in [-0.1, -0.05) is 60.4 Å². The van der Waals surface area contributed by atoms with E-state index >= 15 is 0 Å². The summed E-state index contributed by atoms with van der Waals surface area (Å²) >= 11 is 0. The summed E-state index contributed by atoms with van der Waals surface area (Å²) < 4.78 is 1.92. The van der Waals surface area contributed by atoms with Crippen molar-refractivity contribution >= 4 is 10.8 Å². The first kappa shape index (κ1) is 16.0. The summed E-state index contributed by atoms with van der Waals surface area (Å²) in [5, 5.41) is 12.6. The van der Waals surface area contributed by atoms with E-state index in [9.17, 15) is 5.11 Å². The van der Waals surface area contributed by atoms with Gasteiger partial charge in [-0.2, -0.15) is 0 Å². The average molecular weight is 338 g/mol. The predicted octanol–water partition coefficient (Wildman–Crippen LogP) is 4.38. The van der Waals surface area contributed by atoms with Gasteiger partial charge < -0.3 is 9.67 Å². The fourth-order valence-electron chi connectivity index (χ4n) is 3.00. The highest BCUT2D eigenvalue weighted by Crippen LogP contribution is 2.31. The molecule has 26 heavy (non-hydrogen) atoms. The lowest BCUT2D eigenvalue weighted by molar-refractivity contribution is 0.476. The number of nitrogens with zero attached hydrogens (tertiary/aromatic N) is 2. The molecule has 0 amide bonds. The normalized spacial score (nSPS) is 10.5. The molecule has 0 fully saturated rings. The molecule has 0 aliphatic carbocycles. The van der Waals surface area contributed by atoms with Crippen molar-refractivity contribution in [3.05, 3.63) is 96.1 Å². The molecular weight excluding hydrogens is 320 g/mol. The molecule has 0 saturated carbocycles. The molecule has 0 saturated heterocycles. The van der Waals surface area contributed by atoms with Gasteiger partial charge in [-0.05, 0) is 28.6 Å². The molecule has 4 aromatic rings. The van der Waals surface area contributed by atoms with Crippen LogP contribution in [0.1, 0.15) is 16.7 Å². The predicted molar refractivity (Wildman–Crippen MR) is 104 cm³/mol. The Labute approximate surface area is 152 Å². The summed E-state index contributed by atoms with van der Waals surface area (Å²) in [7, 11) is 0. The first-order valence-electron chi connectivity index (χ1n) is 8.53. The number of imidazole rings is 1. The van der Waals surface area contributed by atoms with Crippen LogP contribution in [0.3, 0.4) is 0 Å². The maximum absolute atomic E-state index is 10.8. The zero-order valence-electron chi connectivity index (χ0n) is 14.3. The van der Waals surface area contributed by atoms with E-state index in [1.807, 2.05) is 53.2 Å². The fraction of sp³-hybridized carbons (Fsp3) is 0.0870. The quantitative estimate of drug-likeness (QED) is 0.563. The van der Waals surface area contributed by atoms with Crippen LogP contribution in [0.5, 0.6) is 5.75 Å². The minimum Gasteiger partial charge on any atom is -0.507 e. The van der Waals surface area contributed by atoms with E-state index in [4.69, 9.17) is 0 Å². The number of hydrogen-bond acceptors (Lipinski definition) is 2. The smallest absolute Gasteiger partial charge is 0.126 e. The summed E-state index contributed by atoms with van der Waals surface area (Å²) in [4.78, 5) is 4.01. The number of rotatable bonds is 3. The lowest BCUT2D eigenvalue weighted by Crippen LogP contribution is -1.91. The van der Waals surface area contributed by atoms with Gasteiger partial charge in [-0.15, -0.1) is 0 Å². The molecule has 1 heterocycles. The third kappa shape index (κ3) is 3.45. The van der Waals surface area contributed by atoms with E-state index < -0.39 is 0 Å². The van der Waals surface area contributed by atoms with Crippen molar-refractivity contribution in [3.63, 3.8) is 0 Å². The van der Waals surface area contributed by atoms with Gasteiger partial charge in [0.15, 0.2) is 0 Å². The van der Waals surface area contributed by atoms with Crippen molar-refractivity contribution in [2.45, 2.75) is 13.0 Å². The monoisotopic (exact) mass is 338 g/mol. The summed E-state index contributed by atoms with van der Waals surface area (Å²) in [6, 6.07) is 20.2. The van der Waals surface area contributed by atoms with E-state index in [-0.39, 0.29) is 0 Å². The van der Waals surface area contributed by atoms with E-state index in [1.165, 1.54) is 5.56 Å². The van der Waals surface area contributed by atoms with Gasteiger partial charge in [-0.3, -0.25) is 0 Å². The Morgan fingerprint density at radius 3 is 2.65 bits per heavy atom. The number of phenolic OH excluding ortho intramolecular Hbond substituents is 1. The van der Waals surface area contributed by atoms with Crippen LogP contribution in [0.15, 0.2) is 79.4 Å². The highest BCUT2D eigenvalue weighted by molar-refractivity contribution is 5.90. The van der Waals surface area contributed by atoms with Crippen LogP contribution in [0.2, 0.25) is 0 Å². The molecule has 4 rings (SSSR count). The third-order valence-corrected chi connectivity index (χ3v) is 4.37. The maximum Gasteiger partial charge on any atom is 0.126 e. The van der Waals surface area contributed by atoms with Crippen molar-refractivity contribution in [2.24, 2.45) is 0 Å². The molecule has 126 valence electrons. The molecule has 3 aromatic carbocycles. The highest BCUT2D eigenvalue weighted by Gasteiger charge is 2.07. The van der Waals surface area contributed by atoms with Crippen molar-refractivity contribution in [3.8, 4) is 17.6 Å². The SMILES string of the molecule is Oc1c(Cc2ccccc2)ccc2ccc(C#CCn3ccnc3)cc12. The second-order valence-corrected chi connectivity index (χ2v) is 6.21. The minimum atomic E-state index is 0.338. The van der Waals surface area contributed by atoms with Crippen LogP contribution >= 0.6 is 0 Å². The highest BCUT2D eigenvalue weighted by atomic mass is 16.3. The van der Waals surface area contributed by atoms with Crippen molar-refractivity contribution < 1.29 is 5.11 Å². The molecule has 0 radical (unpaired) electrons. The summed E-state index contributed by atoms with van der Waals surface area (Å²) in [5.41, 5.74) is 3.00. The van der Waals surface area contributed by atoms with Crippen LogP contribution in [0.4, 0.5) is 0 Å². The lowest BCUT2D eigenvalue weighted by atomic mass is 9.98. The maximum atomic E-state index is 10.8. The zero-order chi connectivity index (χ0) is 17.8. The molecule has 0 atom stereocenters. The third-order valence-electron chi connectivity index (χ3n) is 4.37. The number of aromatic nitrogens is 2. The topological polar surface area (TPSA) is 38.0 Å². The number of hydrogen-bond donors (Lipinski definition) is 1. The molecule has 0 aliphatic rings. The number of fused-ring (bicyclic) bond motifs is 1. The van der Waals surface area contributed by atoms with Crippen molar-refractivity contribution in [1.29, 1.82) is 0 Å². The summed E-state index contributed by atoms with van der Waals surface area (Å²) in [6.45, 7) is 0.595. The molecular formula is C23H18N2O. The van der Waals surface area contributed by atoms with Gasteiger partial charge in [0.1, 0.15) is 5.75 Å². The van der Waals surface area contributed by atoms with E-state index in [1.54, 1.807) is 12.5 Å². The zero-order valence-corrected chi connectivity index (χ0v) is 14.3. The Hall–Kier alpha value is -3.51. The van der Waals surface area contributed by atoms with Gasteiger partial charge in [0.05, 0.1) is 12.9 Å². The largest absolute Gasteiger partial charge is 0.507 e.